The molecule has 6 rings (SSSR count). The second-order valence-electron chi connectivity index (χ2n) is 10.1. The molecule has 0 N–H and O–H groups in total. The summed E-state index contributed by atoms with van der Waals surface area (Å²) in [7, 11) is 4.44. The molecular formula is C34H30BK2N. The number of fused-ring (bicyclic) bond motifs is 2. The number of hydrogen-bond acceptors (Lipinski definition) is 1. The molecule has 0 fully saturated rings. The third-order valence-corrected chi connectivity index (χ3v) is 7.56. The second kappa shape index (κ2) is 12.9. The van der Waals surface area contributed by atoms with E-state index in [2.05, 4.69) is 142 Å². The van der Waals surface area contributed by atoms with Gasteiger partial charge in [-0.3, -0.25) is 0 Å². The number of aryl methyl sites for hydroxylation is 2. The Balaban J connectivity index is 0.00000168. The monoisotopic (exact) mass is 541 g/mol. The molecule has 0 radical (unpaired) electrons. The van der Waals surface area contributed by atoms with Gasteiger partial charge in [0.1, 0.15) is 0 Å². The zero-order valence-electron chi connectivity index (χ0n) is 23.4. The molecule has 0 saturated carbocycles. The molecular weight excluding hydrogens is 511 g/mol. The molecule has 0 atom stereocenters. The zero-order chi connectivity index (χ0) is 24.8. The van der Waals surface area contributed by atoms with E-state index in [4.69, 9.17) is 0 Å². The molecule has 6 aromatic carbocycles. The van der Waals surface area contributed by atoms with Crippen LogP contribution in [0.4, 0.5) is 0 Å². The first-order valence-electron chi connectivity index (χ1n) is 12.7. The Hall–Kier alpha value is -0.602. The SMILES string of the molecule is Cc1[cH-]c2cccc(-c3ccccc3)c2c1B(c1c(C)[cH-]c2cccc(-c3ccccc3)c12)N(C)C.[K+].[K+]. The van der Waals surface area contributed by atoms with E-state index >= 15 is 0 Å². The summed E-state index contributed by atoms with van der Waals surface area (Å²) in [6.07, 6.45) is 0. The van der Waals surface area contributed by atoms with E-state index in [0.29, 0.717) is 0 Å². The average Bonchev–Trinajstić information content (AvgIpc) is 3.41. The molecule has 1 nitrogen and oxygen atoms in total. The van der Waals surface area contributed by atoms with Gasteiger partial charge in [0.25, 0.3) is 0 Å². The predicted molar refractivity (Wildman–Crippen MR) is 158 cm³/mol. The van der Waals surface area contributed by atoms with E-state index < -0.39 is 0 Å². The zero-order valence-corrected chi connectivity index (χ0v) is 29.7. The quantitative estimate of drug-likeness (QED) is 0.233. The van der Waals surface area contributed by atoms with Crippen LogP contribution in [0, 0.1) is 13.8 Å². The van der Waals surface area contributed by atoms with Crippen LogP contribution < -0.4 is 114 Å². The molecule has 0 aliphatic rings. The van der Waals surface area contributed by atoms with Gasteiger partial charge >= 0.3 is 103 Å². The molecule has 176 valence electrons. The van der Waals surface area contributed by atoms with Crippen molar-refractivity contribution in [3.63, 3.8) is 0 Å². The third kappa shape index (κ3) is 5.48. The van der Waals surface area contributed by atoms with Gasteiger partial charge < -0.3 is 4.81 Å². The molecule has 0 unspecified atom stereocenters. The summed E-state index contributed by atoms with van der Waals surface area (Å²) in [6.45, 7) is 4.69. The van der Waals surface area contributed by atoms with Gasteiger partial charge in [-0.25, -0.2) is 0 Å². The molecule has 0 saturated heterocycles. The predicted octanol–water partition coefficient (Wildman–Crippen LogP) is 1.06. The number of nitrogens with zero attached hydrogens (tertiary/aromatic N) is 1. The minimum atomic E-state index is 0. The molecule has 0 heterocycles. The molecule has 0 aliphatic carbocycles. The van der Waals surface area contributed by atoms with Crippen molar-refractivity contribution in [1.29, 1.82) is 0 Å². The maximum Gasteiger partial charge on any atom is 1.00 e. The van der Waals surface area contributed by atoms with Crippen LogP contribution in [-0.4, -0.2) is 25.8 Å². The second-order valence-corrected chi connectivity index (χ2v) is 10.1. The molecule has 0 bridgehead atoms. The van der Waals surface area contributed by atoms with Crippen LogP contribution >= 0.6 is 0 Å². The first-order chi connectivity index (χ1) is 17.5. The van der Waals surface area contributed by atoms with Gasteiger partial charge in [0.05, 0.1) is 0 Å². The van der Waals surface area contributed by atoms with Gasteiger partial charge in [-0.15, -0.1) is 69.1 Å². The smallest absolute Gasteiger partial charge is 0.359 e. The van der Waals surface area contributed by atoms with Gasteiger partial charge in [-0.1, -0.05) is 97.8 Å². The van der Waals surface area contributed by atoms with Crippen molar-refractivity contribution < 1.29 is 103 Å². The normalized spacial score (nSPS) is 11.0. The fraction of sp³-hybridized carbons (Fsp3) is 0.118. The van der Waals surface area contributed by atoms with Crippen molar-refractivity contribution >= 4 is 39.3 Å². The largest absolute Gasteiger partial charge is 1.00 e. The Bertz CT molecular complexity index is 1560. The van der Waals surface area contributed by atoms with Gasteiger partial charge in [0, 0.05) is 0 Å². The van der Waals surface area contributed by atoms with Crippen LogP contribution in [0.2, 0.25) is 0 Å². The van der Waals surface area contributed by atoms with Crippen molar-refractivity contribution in [3.05, 3.63) is 120 Å². The summed E-state index contributed by atoms with van der Waals surface area (Å²) in [5, 5.41) is 5.36. The van der Waals surface area contributed by atoms with E-state index in [9.17, 15) is 0 Å². The van der Waals surface area contributed by atoms with Crippen molar-refractivity contribution in [3.8, 4) is 22.3 Å². The fourth-order valence-electron chi connectivity index (χ4n) is 6.08. The number of benzene rings is 4. The first-order valence-corrected chi connectivity index (χ1v) is 12.7. The van der Waals surface area contributed by atoms with Crippen molar-refractivity contribution in [2.24, 2.45) is 0 Å². The topological polar surface area (TPSA) is 3.24 Å². The van der Waals surface area contributed by atoms with Gasteiger partial charge in [0.15, 0.2) is 6.85 Å². The Labute approximate surface area is 312 Å². The van der Waals surface area contributed by atoms with E-state index in [1.807, 2.05) is 0 Å². The fourth-order valence-corrected chi connectivity index (χ4v) is 6.08. The number of hydrogen-bond donors (Lipinski definition) is 0. The van der Waals surface area contributed by atoms with Crippen LogP contribution in [0.1, 0.15) is 11.1 Å². The maximum atomic E-state index is 2.40. The van der Waals surface area contributed by atoms with Crippen LogP contribution in [0.3, 0.4) is 0 Å². The van der Waals surface area contributed by atoms with E-state index in [0.717, 1.165) is 0 Å². The van der Waals surface area contributed by atoms with Crippen molar-refractivity contribution in [1.82, 2.24) is 4.81 Å². The molecule has 0 aliphatic heterocycles. The molecule has 0 aromatic heterocycles. The van der Waals surface area contributed by atoms with Crippen LogP contribution in [0.15, 0.2) is 109 Å². The van der Waals surface area contributed by atoms with Crippen molar-refractivity contribution in [2.75, 3.05) is 14.1 Å². The van der Waals surface area contributed by atoms with Gasteiger partial charge in [0.2, 0.25) is 0 Å². The van der Waals surface area contributed by atoms with Crippen LogP contribution in [-0.2, 0) is 0 Å². The van der Waals surface area contributed by atoms with Crippen LogP contribution in [0.25, 0.3) is 43.8 Å². The van der Waals surface area contributed by atoms with E-state index in [-0.39, 0.29) is 110 Å². The molecule has 38 heavy (non-hydrogen) atoms. The summed E-state index contributed by atoms with van der Waals surface area (Å²) in [5.74, 6) is 0. The maximum absolute atomic E-state index is 2.40. The number of rotatable bonds is 5. The third-order valence-electron chi connectivity index (χ3n) is 7.56. The summed E-state index contributed by atoms with van der Waals surface area (Å²) in [4.78, 5) is 2.40. The van der Waals surface area contributed by atoms with Crippen LogP contribution in [0.5, 0.6) is 0 Å². The molecule has 4 heteroatoms. The van der Waals surface area contributed by atoms with Gasteiger partial charge in [-0.2, -0.15) is 10.9 Å². The minimum absolute atomic E-state index is 0. The molecule has 6 aromatic rings. The van der Waals surface area contributed by atoms with E-state index in [1.165, 1.54) is 65.9 Å². The van der Waals surface area contributed by atoms with Gasteiger partial charge in [-0.05, 0) is 25.2 Å². The van der Waals surface area contributed by atoms with E-state index in [1.54, 1.807) is 0 Å². The van der Waals surface area contributed by atoms with Crippen molar-refractivity contribution in [2.45, 2.75) is 13.8 Å². The Morgan fingerprint density at radius 3 is 1.29 bits per heavy atom. The molecule has 0 amide bonds. The average molecular weight is 542 g/mol. The summed E-state index contributed by atoms with van der Waals surface area (Å²) < 4.78 is 0. The molecule has 0 spiro atoms. The standard InChI is InChI=1S/C34H30BN.2K/c1-23-21-27-17-11-19-29(25-13-7-5-8-14-25)31(27)33(23)35(36(3)4)34-24(2)22-28-18-12-20-30(32(28)34)26-15-9-6-10-16-26;;/h5-22H,1-4H3;;/q-2;2*+1. The summed E-state index contributed by atoms with van der Waals surface area (Å²) >= 11 is 0. The summed E-state index contributed by atoms with van der Waals surface area (Å²) in [6, 6.07) is 39.8. The Morgan fingerprint density at radius 2 is 0.921 bits per heavy atom. The first kappa shape index (κ1) is 30.4. The minimum Gasteiger partial charge on any atom is -0.359 e. The summed E-state index contributed by atoms with van der Waals surface area (Å²) in [5.41, 5.74) is 10.7. The Kier molecular flexibility index (Phi) is 10.3. The Morgan fingerprint density at radius 1 is 0.526 bits per heavy atom.